The van der Waals surface area contributed by atoms with Gasteiger partial charge < -0.3 is 14.8 Å². The average Bonchev–Trinajstić information content (AvgIpc) is 2.91. The van der Waals surface area contributed by atoms with Crippen LogP contribution in [0.4, 0.5) is 0 Å². The van der Waals surface area contributed by atoms with Crippen LogP contribution in [0.2, 0.25) is 0 Å². The van der Waals surface area contributed by atoms with Crippen LogP contribution in [-0.2, 0) is 11.4 Å². The summed E-state index contributed by atoms with van der Waals surface area (Å²) >= 11 is 6.23. The molecule has 1 amide bonds. The molecule has 7 heteroatoms. The number of thioether (sulfide) groups is 1. The molecule has 5 nitrogen and oxygen atoms in total. The fourth-order valence-corrected chi connectivity index (χ4v) is 3.15. The molecule has 0 spiro atoms. The molecular weight excluding hydrogens is 344 g/mol. The summed E-state index contributed by atoms with van der Waals surface area (Å²) in [7, 11) is 1.58. The highest BCUT2D eigenvalue weighted by atomic mass is 32.2. The number of methoxy groups -OCH3 is 1. The fourth-order valence-electron chi connectivity index (χ4n) is 2.11. The highest BCUT2D eigenvalue weighted by Crippen LogP contribution is 2.32. The lowest BCUT2D eigenvalue weighted by atomic mass is 10.2. The Hall–Kier alpha value is -2.38. The molecule has 122 valence electrons. The minimum Gasteiger partial charge on any atom is -0.493 e. The molecular formula is C17H14N2O3S2. The molecule has 3 rings (SSSR count). The Balaban J connectivity index is 1.77. The van der Waals surface area contributed by atoms with Crippen molar-refractivity contribution >= 4 is 40.3 Å². The molecule has 1 fully saturated rings. The molecule has 1 aromatic carbocycles. The number of aromatic nitrogens is 1. The van der Waals surface area contributed by atoms with Gasteiger partial charge in [-0.15, -0.1) is 0 Å². The van der Waals surface area contributed by atoms with E-state index in [4.69, 9.17) is 21.7 Å². The highest BCUT2D eigenvalue weighted by Gasteiger charge is 2.22. The van der Waals surface area contributed by atoms with E-state index < -0.39 is 0 Å². The lowest BCUT2D eigenvalue weighted by molar-refractivity contribution is -0.115. The normalized spacial score (nSPS) is 15.5. The Morgan fingerprint density at radius 1 is 1.25 bits per heavy atom. The second-order valence-corrected chi connectivity index (χ2v) is 6.63. The Labute approximate surface area is 149 Å². The van der Waals surface area contributed by atoms with E-state index in [9.17, 15) is 4.79 Å². The number of benzene rings is 1. The van der Waals surface area contributed by atoms with E-state index >= 15 is 0 Å². The molecule has 1 aliphatic rings. The zero-order valence-corrected chi connectivity index (χ0v) is 14.4. The third-order valence-electron chi connectivity index (χ3n) is 3.27. The number of rotatable bonds is 5. The number of carbonyl (C=O) groups is 1. The van der Waals surface area contributed by atoms with E-state index in [1.165, 1.54) is 11.8 Å². The smallest absolute Gasteiger partial charge is 0.263 e. The zero-order chi connectivity index (χ0) is 16.9. The van der Waals surface area contributed by atoms with E-state index in [1.807, 2.05) is 30.3 Å². The molecule has 1 aromatic heterocycles. The van der Waals surface area contributed by atoms with Gasteiger partial charge in [0.05, 0.1) is 12.0 Å². The van der Waals surface area contributed by atoms with Crippen LogP contribution in [0.15, 0.2) is 47.6 Å². The van der Waals surface area contributed by atoms with Gasteiger partial charge in [-0.1, -0.05) is 30.0 Å². The summed E-state index contributed by atoms with van der Waals surface area (Å²) in [5, 5.41) is 2.59. The van der Waals surface area contributed by atoms with Crippen molar-refractivity contribution in [3.05, 3.63) is 58.8 Å². The summed E-state index contributed by atoms with van der Waals surface area (Å²) in [5.74, 6) is 1.06. The maximum atomic E-state index is 11.7. The molecule has 0 aliphatic carbocycles. The molecule has 2 aromatic rings. The summed E-state index contributed by atoms with van der Waals surface area (Å²) in [6.07, 6.45) is 5.22. The number of nitrogens with one attached hydrogen (secondary N) is 1. The van der Waals surface area contributed by atoms with Crippen molar-refractivity contribution in [2.24, 2.45) is 0 Å². The Morgan fingerprint density at radius 2 is 2.04 bits per heavy atom. The topological polar surface area (TPSA) is 60.5 Å². The predicted molar refractivity (Wildman–Crippen MR) is 97.9 cm³/mol. The predicted octanol–water partition coefficient (Wildman–Crippen LogP) is 3.16. The van der Waals surface area contributed by atoms with Gasteiger partial charge in [0, 0.05) is 12.4 Å². The van der Waals surface area contributed by atoms with Crippen LogP contribution in [0.3, 0.4) is 0 Å². The van der Waals surface area contributed by atoms with Crippen LogP contribution < -0.4 is 14.8 Å². The number of amides is 1. The molecule has 0 atom stereocenters. The lowest BCUT2D eigenvalue weighted by Crippen LogP contribution is -2.17. The number of pyridine rings is 1. The van der Waals surface area contributed by atoms with Gasteiger partial charge in [-0.25, -0.2) is 0 Å². The maximum absolute atomic E-state index is 11.7. The van der Waals surface area contributed by atoms with Gasteiger partial charge in [0.2, 0.25) is 0 Å². The van der Waals surface area contributed by atoms with Gasteiger partial charge in [-0.05, 0) is 41.5 Å². The summed E-state index contributed by atoms with van der Waals surface area (Å²) in [5.41, 5.74) is 1.86. The lowest BCUT2D eigenvalue weighted by Gasteiger charge is -2.11. The number of hydrogen-bond acceptors (Lipinski definition) is 6. The van der Waals surface area contributed by atoms with Crippen LogP contribution in [-0.4, -0.2) is 22.3 Å². The first-order chi connectivity index (χ1) is 11.7. The molecule has 2 heterocycles. The molecule has 0 radical (unpaired) electrons. The number of nitrogens with zero attached hydrogens (tertiary/aromatic N) is 1. The highest BCUT2D eigenvalue weighted by molar-refractivity contribution is 8.26. The third-order valence-corrected chi connectivity index (χ3v) is 4.43. The quantitative estimate of drug-likeness (QED) is 0.654. The SMILES string of the molecule is COc1cc(/C=C2\SC(=S)NC2=O)ccc1OCc1ccncc1. The largest absolute Gasteiger partial charge is 0.493 e. The average molecular weight is 358 g/mol. The third kappa shape index (κ3) is 3.93. The van der Waals surface area contributed by atoms with Crippen LogP contribution in [0.1, 0.15) is 11.1 Å². The van der Waals surface area contributed by atoms with Crippen molar-refractivity contribution in [1.29, 1.82) is 0 Å². The van der Waals surface area contributed by atoms with Gasteiger partial charge in [0.15, 0.2) is 11.5 Å². The Kier molecular flexibility index (Phi) is 5.12. The van der Waals surface area contributed by atoms with Crippen LogP contribution in [0, 0.1) is 0 Å². The van der Waals surface area contributed by atoms with Gasteiger partial charge in [0.1, 0.15) is 10.9 Å². The Bertz CT molecular complexity index is 807. The number of thiocarbonyl (C=S) groups is 1. The molecule has 1 aliphatic heterocycles. The molecule has 0 unspecified atom stereocenters. The summed E-state index contributed by atoms with van der Waals surface area (Å²) in [6, 6.07) is 9.30. The number of hydrogen-bond donors (Lipinski definition) is 1. The first kappa shape index (κ1) is 16.5. The molecule has 1 N–H and O–H groups in total. The van der Waals surface area contributed by atoms with E-state index in [-0.39, 0.29) is 5.91 Å². The number of carbonyl (C=O) groups excluding carboxylic acids is 1. The summed E-state index contributed by atoms with van der Waals surface area (Å²) < 4.78 is 11.7. The molecule has 0 saturated carbocycles. The standard InChI is InChI=1S/C17H14N2O3S2/c1-21-14-8-12(9-15-16(20)19-17(23)24-15)2-3-13(14)22-10-11-4-6-18-7-5-11/h2-9H,10H2,1H3,(H,19,20,23)/b15-9-. The first-order valence-corrected chi connectivity index (χ1v) is 8.33. The maximum Gasteiger partial charge on any atom is 0.263 e. The van der Waals surface area contributed by atoms with E-state index in [0.29, 0.717) is 27.3 Å². The van der Waals surface area contributed by atoms with E-state index in [0.717, 1.165) is 11.1 Å². The van der Waals surface area contributed by atoms with Crippen molar-refractivity contribution in [2.45, 2.75) is 6.61 Å². The van der Waals surface area contributed by atoms with Crippen LogP contribution >= 0.6 is 24.0 Å². The van der Waals surface area contributed by atoms with Gasteiger partial charge in [-0.3, -0.25) is 9.78 Å². The van der Waals surface area contributed by atoms with Crippen LogP contribution in [0.25, 0.3) is 6.08 Å². The van der Waals surface area contributed by atoms with Gasteiger partial charge >= 0.3 is 0 Å². The number of ether oxygens (including phenoxy) is 2. The molecule has 1 saturated heterocycles. The van der Waals surface area contributed by atoms with Crippen molar-refractivity contribution in [2.75, 3.05) is 7.11 Å². The minimum absolute atomic E-state index is 0.179. The van der Waals surface area contributed by atoms with Crippen LogP contribution in [0.5, 0.6) is 11.5 Å². The first-order valence-electron chi connectivity index (χ1n) is 7.10. The second kappa shape index (κ2) is 7.46. The van der Waals surface area contributed by atoms with E-state index in [2.05, 4.69) is 10.3 Å². The van der Waals surface area contributed by atoms with Crippen molar-refractivity contribution in [3.63, 3.8) is 0 Å². The van der Waals surface area contributed by atoms with Gasteiger partial charge in [-0.2, -0.15) is 0 Å². The van der Waals surface area contributed by atoms with Crippen molar-refractivity contribution in [1.82, 2.24) is 10.3 Å². The Morgan fingerprint density at radius 3 is 2.71 bits per heavy atom. The second-order valence-electron chi connectivity index (χ2n) is 4.91. The monoisotopic (exact) mass is 358 g/mol. The zero-order valence-electron chi connectivity index (χ0n) is 12.8. The summed E-state index contributed by atoms with van der Waals surface area (Å²) in [6.45, 7) is 0.422. The molecule has 0 bridgehead atoms. The summed E-state index contributed by atoms with van der Waals surface area (Å²) in [4.78, 5) is 16.3. The van der Waals surface area contributed by atoms with Crippen molar-refractivity contribution < 1.29 is 14.3 Å². The minimum atomic E-state index is -0.179. The fraction of sp³-hybridized carbons (Fsp3) is 0.118. The van der Waals surface area contributed by atoms with E-state index in [1.54, 1.807) is 25.6 Å². The van der Waals surface area contributed by atoms with Crippen molar-refractivity contribution in [3.8, 4) is 11.5 Å². The van der Waals surface area contributed by atoms with Gasteiger partial charge in [0.25, 0.3) is 5.91 Å². The molecule has 24 heavy (non-hydrogen) atoms.